The van der Waals surface area contributed by atoms with Gasteiger partial charge in [-0.05, 0) is 18.9 Å². The molecule has 110 valence electrons. The summed E-state index contributed by atoms with van der Waals surface area (Å²) in [6, 6.07) is 9.58. The third-order valence-corrected chi connectivity index (χ3v) is 2.95. The van der Waals surface area contributed by atoms with Gasteiger partial charge in [0.05, 0.1) is 0 Å². The van der Waals surface area contributed by atoms with E-state index >= 15 is 0 Å². The second-order valence-electron chi connectivity index (χ2n) is 4.72. The van der Waals surface area contributed by atoms with Crippen molar-refractivity contribution in [1.29, 1.82) is 0 Å². The lowest BCUT2D eigenvalue weighted by Crippen LogP contribution is -2.38. The molecule has 1 aromatic carbocycles. The summed E-state index contributed by atoms with van der Waals surface area (Å²) >= 11 is 0. The zero-order valence-corrected chi connectivity index (χ0v) is 12.1. The standard InChI is InChI=1S/C15H23N3O2/c1-3-12(2)18-14(19)9-10-16-15(20)17-11-13-7-5-4-6-8-13/h4-8,12H,3,9-11H2,1-2H3,(H,18,19)(H2,16,17,20)/t12-/m0/s1. The van der Waals surface area contributed by atoms with E-state index in [-0.39, 0.29) is 18.0 Å². The number of carbonyl (C=O) groups is 2. The number of amides is 3. The van der Waals surface area contributed by atoms with Crippen molar-refractivity contribution in [3.63, 3.8) is 0 Å². The van der Waals surface area contributed by atoms with Gasteiger partial charge in [-0.1, -0.05) is 37.3 Å². The Morgan fingerprint density at radius 3 is 2.50 bits per heavy atom. The summed E-state index contributed by atoms with van der Waals surface area (Å²) < 4.78 is 0. The monoisotopic (exact) mass is 277 g/mol. The topological polar surface area (TPSA) is 70.2 Å². The number of urea groups is 1. The molecule has 0 bridgehead atoms. The predicted octanol–water partition coefficient (Wildman–Crippen LogP) is 1.79. The van der Waals surface area contributed by atoms with Crippen LogP contribution in [0.4, 0.5) is 4.79 Å². The van der Waals surface area contributed by atoms with Crippen LogP contribution >= 0.6 is 0 Å². The zero-order chi connectivity index (χ0) is 14.8. The zero-order valence-electron chi connectivity index (χ0n) is 12.1. The molecular weight excluding hydrogens is 254 g/mol. The molecule has 20 heavy (non-hydrogen) atoms. The van der Waals surface area contributed by atoms with Gasteiger partial charge in [0.25, 0.3) is 0 Å². The van der Waals surface area contributed by atoms with E-state index in [4.69, 9.17) is 0 Å². The molecule has 3 amide bonds. The molecule has 0 saturated carbocycles. The summed E-state index contributed by atoms with van der Waals surface area (Å²) in [5, 5.41) is 8.26. The minimum Gasteiger partial charge on any atom is -0.354 e. The first-order chi connectivity index (χ1) is 9.61. The van der Waals surface area contributed by atoms with Crippen molar-refractivity contribution in [2.24, 2.45) is 0 Å². The van der Waals surface area contributed by atoms with Crippen molar-refractivity contribution in [3.8, 4) is 0 Å². The molecule has 0 spiro atoms. The average Bonchev–Trinajstić information content (AvgIpc) is 2.46. The number of benzene rings is 1. The minimum atomic E-state index is -0.259. The second-order valence-corrected chi connectivity index (χ2v) is 4.72. The fraction of sp³-hybridized carbons (Fsp3) is 0.467. The lowest BCUT2D eigenvalue weighted by atomic mass is 10.2. The van der Waals surface area contributed by atoms with Crippen molar-refractivity contribution >= 4 is 11.9 Å². The van der Waals surface area contributed by atoms with Gasteiger partial charge in [-0.2, -0.15) is 0 Å². The smallest absolute Gasteiger partial charge is 0.315 e. The van der Waals surface area contributed by atoms with Crippen molar-refractivity contribution < 1.29 is 9.59 Å². The molecule has 5 heteroatoms. The predicted molar refractivity (Wildman–Crippen MR) is 79.2 cm³/mol. The molecule has 0 fully saturated rings. The summed E-state index contributed by atoms with van der Waals surface area (Å²) in [6.45, 7) is 4.78. The van der Waals surface area contributed by atoms with Crippen LogP contribution in [0.15, 0.2) is 30.3 Å². The molecule has 0 aliphatic carbocycles. The highest BCUT2D eigenvalue weighted by atomic mass is 16.2. The quantitative estimate of drug-likeness (QED) is 0.711. The fourth-order valence-electron chi connectivity index (χ4n) is 1.58. The van der Waals surface area contributed by atoms with E-state index in [1.165, 1.54) is 0 Å². The van der Waals surface area contributed by atoms with Crippen LogP contribution in [0, 0.1) is 0 Å². The van der Waals surface area contributed by atoms with E-state index < -0.39 is 0 Å². The number of rotatable bonds is 7. The van der Waals surface area contributed by atoms with Gasteiger partial charge < -0.3 is 16.0 Å². The van der Waals surface area contributed by atoms with Gasteiger partial charge in [-0.3, -0.25) is 4.79 Å². The van der Waals surface area contributed by atoms with E-state index in [2.05, 4.69) is 16.0 Å². The van der Waals surface area contributed by atoms with Gasteiger partial charge in [-0.15, -0.1) is 0 Å². The van der Waals surface area contributed by atoms with Gasteiger partial charge in [0.2, 0.25) is 5.91 Å². The maximum absolute atomic E-state index is 11.5. The lowest BCUT2D eigenvalue weighted by molar-refractivity contribution is -0.121. The highest BCUT2D eigenvalue weighted by Crippen LogP contribution is 1.96. The molecular formula is C15H23N3O2. The van der Waals surface area contributed by atoms with Crippen LogP contribution in [0.25, 0.3) is 0 Å². The van der Waals surface area contributed by atoms with Gasteiger partial charge >= 0.3 is 6.03 Å². The Bertz CT molecular complexity index is 420. The molecule has 0 saturated heterocycles. The Balaban J connectivity index is 2.13. The molecule has 0 aliphatic rings. The van der Waals surface area contributed by atoms with Gasteiger partial charge in [0, 0.05) is 25.6 Å². The van der Waals surface area contributed by atoms with Crippen LogP contribution < -0.4 is 16.0 Å². The Hall–Kier alpha value is -2.04. The number of carbonyl (C=O) groups excluding carboxylic acids is 2. The van der Waals surface area contributed by atoms with Gasteiger partial charge in [0.1, 0.15) is 0 Å². The summed E-state index contributed by atoms with van der Waals surface area (Å²) in [7, 11) is 0. The van der Waals surface area contributed by atoms with Crippen molar-refractivity contribution in [2.45, 2.75) is 39.3 Å². The molecule has 0 aromatic heterocycles. The molecule has 0 radical (unpaired) electrons. The van der Waals surface area contributed by atoms with E-state index in [0.29, 0.717) is 19.5 Å². The fourth-order valence-corrected chi connectivity index (χ4v) is 1.58. The van der Waals surface area contributed by atoms with Gasteiger partial charge in [0.15, 0.2) is 0 Å². The van der Waals surface area contributed by atoms with Gasteiger partial charge in [-0.25, -0.2) is 4.79 Å². The number of nitrogens with one attached hydrogen (secondary N) is 3. The van der Waals surface area contributed by atoms with E-state index in [9.17, 15) is 9.59 Å². The van der Waals surface area contributed by atoms with Crippen LogP contribution in [-0.4, -0.2) is 24.5 Å². The molecule has 1 atom stereocenters. The largest absolute Gasteiger partial charge is 0.354 e. The first-order valence-electron chi connectivity index (χ1n) is 6.96. The van der Waals surface area contributed by atoms with Crippen molar-refractivity contribution in [2.75, 3.05) is 6.54 Å². The summed E-state index contributed by atoms with van der Waals surface area (Å²) in [5.41, 5.74) is 1.04. The summed E-state index contributed by atoms with van der Waals surface area (Å²) in [6.07, 6.45) is 1.19. The highest BCUT2D eigenvalue weighted by molar-refractivity contribution is 5.78. The highest BCUT2D eigenvalue weighted by Gasteiger charge is 2.06. The first-order valence-corrected chi connectivity index (χ1v) is 6.96. The van der Waals surface area contributed by atoms with Crippen LogP contribution in [0.3, 0.4) is 0 Å². The molecule has 1 rings (SSSR count). The Labute approximate surface area is 120 Å². The third kappa shape index (κ3) is 6.78. The Kier molecular flexibility index (Phi) is 7.17. The van der Waals surface area contributed by atoms with E-state index in [1.54, 1.807) is 0 Å². The first kappa shape index (κ1) is 16.0. The molecule has 0 unspecified atom stereocenters. The summed E-state index contributed by atoms with van der Waals surface area (Å²) in [4.78, 5) is 23.0. The molecule has 0 aliphatic heterocycles. The van der Waals surface area contributed by atoms with E-state index in [1.807, 2.05) is 44.2 Å². The molecule has 0 heterocycles. The van der Waals surface area contributed by atoms with E-state index in [0.717, 1.165) is 12.0 Å². The average molecular weight is 277 g/mol. The molecule has 5 nitrogen and oxygen atoms in total. The lowest BCUT2D eigenvalue weighted by Gasteiger charge is -2.11. The summed E-state index contributed by atoms with van der Waals surface area (Å²) in [5.74, 6) is -0.0392. The normalized spacial score (nSPS) is 11.5. The van der Waals surface area contributed by atoms with Crippen molar-refractivity contribution in [3.05, 3.63) is 35.9 Å². The van der Waals surface area contributed by atoms with Crippen LogP contribution in [0.5, 0.6) is 0 Å². The molecule has 3 N–H and O–H groups in total. The van der Waals surface area contributed by atoms with Crippen LogP contribution in [-0.2, 0) is 11.3 Å². The third-order valence-electron chi connectivity index (χ3n) is 2.95. The number of hydrogen-bond acceptors (Lipinski definition) is 2. The maximum atomic E-state index is 11.5. The Morgan fingerprint density at radius 1 is 1.15 bits per heavy atom. The maximum Gasteiger partial charge on any atom is 0.315 e. The van der Waals surface area contributed by atoms with Crippen LogP contribution in [0.1, 0.15) is 32.3 Å². The number of hydrogen-bond donors (Lipinski definition) is 3. The van der Waals surface area contributed by atoms with Crippen LogP contribution in [0.2, 0.25) is 0 Å². The second kappa shape index (κ2) is 8.96. The van der Waals surface area contributed by atoms with Crippen molar-refractivity contribution in [1.82, 2.24) is 16.0 Å². The molecule has 1 aromatic rings. The SMILES string of the molecule is CC[C@H](C)NC(=O)CCNC(=O)NCc1ccccc1. The Morgan fingerprint density at radius 2 is 1.85 bits per heavy atom. The minimum absolute atomic E-state index is 0.0392.